The number of ether oxygens (including phenoxy) is 1. The van der Waals surface area contributed by atoms with Gasteiger partial charge in [-0.3, -0.25) is 9.20 Å². The first-order valence-corrected chi connectivity index (χ1v) is 8.82. The molecule has 25 heavy (non-hydrogen) atoms. The van der Waals surface area contributed by atoms with Gasteiger partial charge in [0.05, 0.1) is 5.69 Å². The van der Waals surface area contributed by atoms with E-state index in [1.807, 2.05) is 13.8 Å². The highest BCUT2D eigenvalue weighted by molar-refractivity contribution is 7.17. The molecule has 2 aromatic heterocycles. The van der Waals surface area contributed by atoms with Gasteiger partial charge in [-0.2, -0.15) is 0 Å². The Balaban J connectivity index is 1.89. The Morgan fingerprint density at radius 2 is 2.08 bits per heavy atom. The summed E-state index contributed by atoms with van der Waals surface area (Å²) in [4.78, 5) is 18.7. The lowest BCUT2D eigenvalue weighted by Gasteiger charge is -2.11. The fraction of sp³-hybridized carbons (Fsp3) is 0.333. The minimum atomic E-state index is -0.330. The fourth-order valence-electron chi connectivity index (χ4n) is 2.80. The third-order valence-electron chi connectivity index (χ3n) is 4.02. The number of halogens is 1. The van der Waals surface area contributed by atoms with Crippen molar-refractivity contribution in [2.45, 2.75) is 32.8 Å². The maximum atomic E-state index is 12.9. The van der Waals surface area contributed by atoms with E-state index >= 15 is 0 Å². The van der Waals surface area contributed by atoms with E-state index in [-0.39, 0.29) is 30.5 Å². The van der Waals surface area contributed by atoms with Crippen LogP contribution in [0, 0.1) is 12.7 Å². The van der Waals surface area contributed by atoms with Crippen molar-refractivity contribution in [3.8, 4) is 5.75 Å². The molecule has 0 fully saturated rings. The van der Waals surface area contributed by atoms with Crippen molar-refractivity contribution in [3.63, 3.8) is 0 Å². The molecule has 0 spiro atoms. The number of rotatable bonds is 6. The summed E-state index contributed by atoms with van der Waals surface area (Å²) in [5.74, 6) is 0.256. The van der Waals surface area contributed by atoms with Crippen molar-refractivity contribution in [3.05, 3.63) is 62.8 Å². The van der Waals surface area contributed by atoms with Crippen molar-refractivity contribution < 1.29 is 14.2 Å². The molecule has 0 radical (unpaired) electrons. The summed E-state index contributed by atoms with van der Waals surface area (Å²) in [7, 11) is 0. The molecule has 0 saturated heterocycles. The van der Waals surface area contributed by atoms with Gasteiger partial charge in [0.15, 0.2) is 4.96 Å². The van der Waals surface area contributed by atoms with Crippen molar-refractivity contribution in [1.82, 2.24) is 9.38 Å². The first kappa shape index (κ1) is 17.6. The lowest BCUT2D eigenvalue weighted by Crippen LogP contribution is -2.18. The van der Waals surface area contributed by atoms with Crippen molar-refractivity contribution in [2.24, 2.45) is 0 Å². The zero-order valence-electron chi connectivity index (χ0n) is 14.0. The molecule has 0 aliphatic heterocycles. The number of aliphatic hydroxyl groups excluding tert-OH is 1. The average Bonchev–Trinajstić information content (AvgIpc) is 2.91. The molecule has 5 nitrogen and oxygen atoms in total. The van der Waals surface area contributed by atoms with Crippen LogP contribution in [0.15, 0.2) is 35.1 Å². The van der Waals surface area contributed by atoms with Crippen LogP contribution in [0.4, 0.5) is 4.39 Å². The third-order valence-corrected chi connectivity index (χ3v) is 4.99. The Morgan fingerprint density at radius 3 is 2.76 bits per heavy atom. The van der Waals surface area contributed by atoms with Crippen LogP contribution in [-0.4, -0.2) is 21.1 Å². The SMILES string of the molecule is Cc1sc2nc(COc3ccc(F)cc3)cc(=O)n2c1C(C)CCO. The molecule has 2 heterocycles. The predicted molar refractivity (Wildman–Crippen MR) is 94.9 cm³/mol. The van der Waals surface area contributed by atoms with Gasteiger partial charge in [0.25, 0.3) is 5.56 Å². The Morgan fingerprint density at radius 1 is 1.36 bits per heavy atom. The molecule has 1 N–H and O–H groups in total. The van der Waals surface area contributed by atoms with Gasteiger partial charge in [-0.15, -0.1) is 11.3 Å². The van der Waals surface area contributed by atoms with E-state index < -0.39 is 0 Å². The van der Waals surface area contributed by atoms with E-state index in [1.165, 1.54) is 41.7 Å². The van der Waals surface area contributed by atoms with Crippen LogP contribution in [0.5, 0.6) is 5.75 Å². The second kappa shape index (κ2) is 7.33. The summed E-state index contributed by atoms with van der Waals surface area (Å²) < 4.78 is 20.1. The molecule has 1 aromatic carbocycles. The molecule has 3 rings (SSSR count). The zero-order chi connectivity index (χ0) is 18.0. The summed E-state index contributed by atoms with van der Waals surface area (Å²) in [5.41, 5.74) is 1.27. The van der Waals surface area contributed by atoms with Gasteiger partial charge in [0.1, 0.15) is 18.2 Å². The number of nitrogens with zero attached hydrogens (tertiary/aromatic N) is 2. The number of hydrogen-bond donors (Lipinski definition) is 1. The van der Waals surface area contributed by atoms with E-state index in [9.17, 15) is 9.18 Å². The predicted octanol–water partition coefficient (Wildman–Crippen LogP) is 3.27. The van der Waals surface area contributed by atoms with Crippen molar-refractivity contribution in [1.29, 1.82) is 0 Å². The number of aryl methyl sites for hydroxylation is 1. The molecule has 0 bridgehead atoms. The normalized spacial score (nSPS) is 12.5. The van der Waals surface area contributed by atoms with E-state index in [1.54, 1.807) is 4.40 Å². The minimum Gasteiger partial charge on any atom is -0.487 e. The van der Waals surface area contributed by atoms with Gasteiger partial charge in [-0.1, -0.05) is 6.92 Å². The van der Waals surface area contributed by atoms with Gasteiger partial charge in [0, 0.05) is 29.2 Å². The second-order valence-electron chi connectivity index (χ2n) is 5.90. The number of thiazole rings is 1. The summed E-state index contributed by atoms with van der Waals surface area (Å²) >= 11 is 1.45. The molecule has 0 saturated carbocycles. The average molecular weight is 362 g/mol. The quantitative estimate of drug-likeness (QED) is 0.731. The van der Waals surface area contributed by atoms with Crippen LogP contribution >= 0.6 is 11.3 Å². The monoisotopic (exact) mass is 362 g/mol. The molecule has 1 atom stereocenters. The highest BCUT2D eigenvalue weighted by Crippen LogP contribution is 2.28. The highest BCUT2D eigenvalue weighted by atomic mass is 32.1. The topological polar surface area (TPSA) is 63.8 Å². The maximum absolute atomic E-state index is 12.9. The lowest BCUT2D eigenvalue weighted by molar-refractivity contribution is 0.277. The molecule has 0 amide bonds. The lowest BCUT2D eigenvalue weighted by atomic mass is 10.0. The summed E-state index contributed by atoms with van der Waals surface area (Å²) in [6.07, 6.45) is 0.592. The summed E-state index contributed by atoms with van der Waals surface area (Å²) in [6, 6.07) is 7.16. The smallest absolute Gasteiger partial charge is 0.259 e. The van der Waals surface area contributed by atoms with Gasteiger partial charge >= 0.3 is 0 Å². The third kappa shape index (κ3) is 3.72. The molecule has 7 heteroatoms. The van der Waals surface area contributed by atoms with Crippen molar-refractivity contribution >= 4 is 16.3 Å². The van der Waals surface area contributed by atoms with Crippen LogP contribution in [0.1, 0.15) is 35.5 Å². The van der Waals surface area contributed by atoms with Gasteiger partial charge in [-0.25, -0.2) is 9.37 Å². The van der Waals surface area contributed by atoms with Crippen LogP contribution < -0.4 is 10.3 Å². The van der Waals surface area contributed by atoms with Crippen LogP contribution in [-0.2, 0) is 6.61 Å². The molecular formula is C18H19FN2O3S. The van der Waals surface area contributed by atoms with Gasteiger partial charge in [0.2, 0.25) is 0 Å². The standard InChI is InChI=1S/C18H19FN2O3S/c1-11(7-8-22)17-12(2)25-18-20-14(9-16(23)21(17)18)10-24-15-5-3-13(19)4-6-15/h3-6,9,11,22H,7-8,10H2,1-2H3. The minimum absolute atomic E-state index is 0.0690. The molecule has 0 aliphatic rings. The number of aromatic nitrogens is 2. The van der Waals surface area contributed by atoms with E-state index in [4.69, 9.17) is 9.84 Å². The molecule has 3 aromatic rings. The van der Waals surface area contributed by atoms with Gasteiger partial charge < -0.3 is 9.84 Å². The summed E-state index contributed by atoms with van der Waals surface area (Å²) in [6.45, 7) is 4.15. The second-order valence-corrected chi connectivity index (χ2v) is 7.08. The van der Waals surface area contributed by atoms with E-state index in [2.05, 4.69) is 4.98 Å². The van der Waals surface area contributed by atoms with E-state index in [0.29, 0.717) is 22.8 Å². The Bertz CT molecular complexity index is 934. The highest BCUT2D eigenvalue weighted by Gasteiger charge is 2.18. The largest absolute Gasteiger partial charge is 0.487 e. The Labute approximate surface area is 148 Å². The molecule has 132 valence electrons. The number of fused-ring (bicyclic) bond motifs is 1. The Hall–Kier alpha value is -2.25. The number of benzene rings is 1. The molecular weight excluding hydrogens is 343 g/mol. The van der Waals surface area contributed by atoms with Crippen LogP contribution in [0.25, 0.3) is 4.96 Å². The first-order chi connectivity index (χ1) is 12.0. The number of hydrogen-bond acceptors (Lipinski definition) is 5. The maximum Gasteiger partial charge on any atom is 0.259 e. The van der Waals surface area contributed by atoms with Gasteiger partial charge in [-0.05, 0) is 37.6 Å². The first-order valence-electron chi connectivity index (χ1n) is 8.00. The van der Waals surface area contributed by atoms with E-state index in [0.717, 1.165) is 10.6 Å². The Kier molecular flexibility index (Phi) is 5.15. The van der Waals surface area contributed by atoms with Crippen LogP contribution in [0.2, 0.25) is 0 Å². The van der Waals surface area contributed by atoms with Crippen molar-refractivity contribution in [2.75, 3.05) is 6.61 Å². The fourth-order valence-corrected chi connectivity index (χ4v) is 3.92. The zero-order valence-corrected chi connectivity index (χ0v) is 14.8. The molecule has 0 aliphatic carbocycles. The summed E-state index contributed by atoms with van der Waals surface area (Å²) in [5, 5.41) is 9.17. The molecule has 1 unspecified atom stereocenters. The van der Waals surface area contributed by atoms with Crippen LogP contribution in [0.3, 0.4) is 0 Å². The number of aliphatic hydroxyl groups is 1.